The zero-order chi connectivity index (χ0) is 12.7. The molecule has 1 N–H and O–H groups in total. The van der Waals surface area contributed by atoms with Crippen molar-refractivity contribution in [3.63, 3.8) is 0 Å². The number of carbonyl (C=O) groups is 1. The Kier molecular flexibility index (Phi) is 4.99. The molecule has 0 aromatic heterocycles. The monoisotopic (exact) mass is 232 g/mol. The van der Waals surface area contributed by atoms with Crippen LogP contribution in [0.3, 0.4) is 0 Å². The molecular weight excluding hydrogens is 212 g/mol. The van der Waals surface area contributed by atoms with Crippen molar-refractivity contribution in [2.45, 2.75) is 39.0 Å². The van der Waals surface area contributed by atoms with Crippen molar-refractivity contribution in [1.82, 2.24) is 0 Å². The fourth-order valence-corrected chi connectivity index (χ4v) is 2.40. The van der Waals surface area contributed by atoms with Crippen molar-refractivity contribution < 1.29 is 9.90 Å². The molecule has 0 atom stereocenters. The maximum Gasteiger partial charge on any atom is 0.314 e. The van der Waals surface area contributed by atoms with Crippen LogP contribution in [-0.2, 0) is 4.79 Å². The molecule has 0 aromatic rings. The lowest BCUT2D eigenvalue weighted by Crippen LogP contribution is -2.34. The van der Waals surface area contributed by atoms with E-state index < -0.39 is 11.4 Å². The molecule has 2 nitrogen and oxygen atoms in total. The van der Waals surface area contributed by atoms with Crippen LogP contribution in [0.1, 0.15) is 39.0 Å². The highest BCUT2D eigenvalue weighted by atomic mass is 16.4. The first-order chi connectivity index (χ1) is 8.17. The average Bonchev–Trinajstić information content (AvgIpc) is 2.35. The topological polar surface area (TPSA) is 37.3 Å². The fourth-order valence-electron chi connectivity index (χ4n) is 2.40. The summed E-state index contributed by atoms with van der Waals surface area (Å²) in [5, 5.41) is 9.51. The molecule has 0 saturated heterocycles. The Morgan fingerprint density at radius 3 is 2.41 bits per heavy atom. The average molecular weight is 232 g/mol. The fraction of sp³-hybridized carbons (Fsp3) is 0.467. The van der Waals surface area contributed by atoms with Crippen LogP contribution in [0.5, 0.6) is 0 Å². The van der Waals surface area contributed by atoms with Gasteiger partial charge in [0.05, 0.1) is 5.41 Å². The van der Waals surface area contributed by atoms with Gasteiger partial charge in [-0.05, 0) is 19.8 Å². The SMILES string of the molecule is C=C=C(/C=C\C=C/C)C1(C(=O)O)CCCCC1. The lowest BCUT2D eigenvalue weighted by atomic mass is 9.69. The van der Waals surface area contributed by atoms with Crippen LogP contribution < -0.4 is 0 Å². The minimum absolute atomic E-state index is 0.695. The highest BCUT2D eigenvalue weighted by Crippen LogP contribution is 2.42. The lowest BCUT2D eigenvalue weighted by molar-refractivity contribution is -0.148. The first-order valence-electron chi connectivity index (χ1n) is 6.10. The van der Waals surface area contributed by atoms with Gasteiger partial charge in [-0.3, -0.25) is 4.79 Å². The van der Waals surface area contributed by atoms with Crippen molar-refractivity contribution in [1.29, 1.82) is 0 Å². The number of hydrogen-bond acceptors (Lipinski definition) is 1. The summed E-state index contributed by atoms with van der Waals surface area (Å²) in [6.07, 6.45) is 11.9. The predicted octanol–water partition coefficient (Wildman–Crippen LogP) is 3.87. The molecule has 0 heterocycles. The minimum atomic E-state index is -0.766. The van der Waals surface area contributed by atoms with E-state index in [1.165, 1.54) is 0 Å². The molecule has 0 amide bonds. The van der Waals surface area contributed by atoms with E-state index >= 15 is 0 Å². The van der Waals surface area contributed by atoms with E-state index in [2.05, 4.69) is 12.3 Å². The van der Waals surface area contributed by atoms with Gasteiger partial charge in [0.2, 0.25) is 0 Å². The van der Waals surface area contributed by atoms with Gasteiger partial charge >= 0.3 is 5.97 Å². The molecule has 0 aromatic carbocycles. The molecule has 1 rings (SSSR count). The predicted molar refractivity (Wildman–Crippen MR) is 69.8 cm³/mol. The van der Waals surface area contributed by atoms with Gasteiger partial charge in [0, 0.05) is 5.57 Å². The van der Waals surface area contributed by atoms with Gasteiger partial charge < -0.3 is 5.11 Å². The number of hydrogen-bond donors (Lipinski definition) is 1. The van der Waals surface area contributed by atoms with Crippen molar-refractivity contribution >= 4 is 5.97 Å². The second-order valence-corrected chi connectivity index (χ2v) is 4.42. The van der Waals surface area contributed by atoms with Crippen molar-refractivity contribution in [3.05, 3.63) is 42.2 Å². The Morgan fingerprint density at radius 1 is 1.29 bits per heavy atom. The standard InChI is InChI=1S/C15H20O2/c1-3-5-7-10-13(4-2)15(14(16)17)11-8-6-9-12-15/h3,5,7,10H,2,6,8-9,11-12H2,1H3,(H,16,17)/b5-3-,10-7-. The summed E-state index contributed by atoms with van der Waals surface area (Å²) in [5.41, 5.74) is 2.76. The van der Waals surface area contributed by atoms with Crippen molar-refractivity contribution in [2.75, 3.05) is 0 Å². The molecule has 0 unspecified atom stereocenters. The van der Waals surface area contributed by atoms with Gasteiger partial charge in [-0.1, -0.05) is 50.1 Å². The highest BCUT2D eigenvalue weighted by molar-refractivity contribution is 5.79. The highest BCUT2D eigenvalue weighted by Gasteiger charge is 2.42. The van der Waals surface area contributed by atoms with Gasteiger partial charge in [0.15, 0.2) is 0 Å². The van der Waals surface area contributed by atoms with Gasteiger partial charge in [0.25, 0.3) is 0 Å². The zero-order valence-corrected chi connectivity index (χ0v) is 10.4. The van der Waals surface area contributed by atoms with E-state index in [9.17, 15) is 9.90 Å². The van der Waals surface area contributed by atoms with Crippen LogP contribution in [-0.4, -0.2) is 11.1 Å². The second-order valence-electron chi connectivity index (χ2n) is 4.42. The summed E-state index contributed by atoms with van der Waals surface area (Å²) in [6.45, 7) is 5.57. The maximum absolute atomic E-state index is 11.6. The van der Waals surface area contributed by atoms with E-state index in [0.29, 0.717) is 18.4 Å². The van der Waals surface area contributed by atoms with Crippen LogP contribution in [0.2, 0.25) is 0 Å². The summed E-state index contributed by atoms with van der Waals surface area (Å²) in [4.78, 5) is 11.6. The number of carboxylic acids is 1. The van der Waals surface area contributed by atoms with E-state index in [-0.39, 0.29) is 0 Å². The molecule has 1 aliphatic carbocycles. The van der Waals surface area contributed by atoms with Crippen LogP contribution in [0.4, 0.5) is 0 Å². The largest absolute Gasteiger partial charge is 0.481 e. The Labute approximate surface area is 103 Å². The molecule has 1 saturated carbocycles. The quantitative estimate of drug-likeness (QED) is 0.590. The first kappa shape index (κ1) is 13.5. The Morgan fingerprint density at radius 2 is 1.94 bits per heavy atom. The maximum atomic E-state index is 11.6. The molecule has 0 aliphatic heterocycles. The molecule has 0 spiro atoms. The van der Waals surface area contributed by atoms with Crippen LogP contribution in [0.15, 0.2) is 42.2 Å². The normalized spacial score (nSPS) is 19.4. The molecule has 2 heteroatoms. The second kappa shape index (κ2) is 6.27. The number of aliphatic carboxylic acids is 1. The molecule has 1 aliphatic rings. The summed E-state index contributed by atoms with van der Waals surface area (Å²) >= 11 is 0. The van der Waals surface area contributed by atoms with Crippen LogP contribution in [0.25, 0.3) is 0 Å². The van der Waals surface area contributed by atoms with Crippen molar-refractivity contribution in [3.8, 4) is 0 Å². The number of allylic oxidation sites excluding steroid dienone is 4. The van der Waals surface area contributed by atoms with Crippen molar-refractivity contribution in [2.24, 2.45) is 5.41 Å². The van der Waals surface area contributed by atoms with E-state index in [1.807, 2.05) is 31.2 Å². The molecule has 0 radical (unpaired) electrons. The molecule has 17 heavy (non-hydrogen) atoms. The van der Waals surface area contributed by atoms with Gasteiger partial charge in [-0.15, -0.1) is 5.73 Å². The summed E-state index contributed by atoms with van der Waals surface area (Å²) < 4.78 is 0. The number of rotatable bonds is 4. The molecule has 92 valence electrons. The van der Waals surface area contributed by atoms with Crippen LogP contribution in [0, 0.1) is 5.41 Å². The Balaban J connectivity index is 3.03. The molecular formula is C15H20O2. The molecule has 0 bridgehead atoms. The first-order valence-corrected chi connectivity index (χ1v) is 6.10. The summed E-state index contributed by atoms with van der Waals surface area (Å²) in [5.74, 6) is -0.742. The lowest BCUT2D eigenvalue weighted by Gasteiger charge is -2.33. The van der Waals surface area contributed by atoms with E-state index in [4.69, 9.17) is 0 Å². The van der Waals surface area contributed by atoms with Gasteiger partial charge in [-0.25, -0.2) is 0 Å². The van der Waals surface area contributed by atoms with E-state index in [1.54, 1.807) is 0 Å². The minimum Gasteiger partial charge on any atom is -0.481 e. The van der Waals surface area contributed by atoms with Crippen LogP contribution >= 0.6 is 0 Å². The van der Waals surface area contributed by atoms with Gasteiger partial charge in [0.1, 0.15) is 0 Å². The number of carboxylic acid groups (broad SMARTS) is 1. The Bertz CT molecular complexity index is 376. The summed E-state index contributed by atoms with van der Waals surface area (Å²) in [6, 6.07) is 0. The third kappa shape index (κ3) is 2.98. The third-order valence-electron chi connectivity index (χ3n) is 3.39. The third-order valence-corrected chi connectivity index (χ3v) is 3.39. The summed E-state index contributed by atoms with van der Waals surface area (Å²) in [7, 11) is 0. The molecule has 1 fully saturated rings. The van der Waals surface area contributed by atoms with Gasteiger partial charge in [-0.2, -0.15) is 0 Å². The smallest absolute Gasteiger partial charge is 0.314 e. The van der Waals surface area contributed by atoms with E-state index in [0.717, 1.165) is 19.3 Å². The Hall–Kier alpha value is -1.53. The zero-order valence-electron chi connectivity index (χ0n) is 10.4.